The molecule has 0 N–H and O–H groups in total. The topological polar surface area (TPSA) is 56.5 Å². The number of hydrogen-bond acceptors (Lipinski definition) is 4. The third kappa shape index (κ3) is 2.48. The molecule has 0 amide bonds. The average Bonchev–Trinajstić information content (AvgIpc) is 3.11. The summed E-state index contributed by atoms with van der Waals surface area (Å²) in [6.07, 6.45) is 11.1. The van der Waals surface area contributed by atoms with Gasteiger partial charge in [-0.2, -0.15) is 0 Å². The predicted octanol–water partition coefficient (Wildman–Crippen LogP) is 4.42. The molecule has 0 aliphatic heterocycles. The zero-order valence-corrected chi connectivity index (χ0v) is 13.8. The molecule has 4 aromatic rings. The van der Waals surface area contributed by atoms with Crippen molar-refractivity contribution >= 4 is 27.6 Å². The Balaban J connectivity index is 2.08. The minimum Gasteiger partial charge on any atom is -0.314 e. The largest absolute Gasteiger partial charge is 0.314 e. The molecule has 0 aliphatic carbocycles. The Labute approximate surface area is 148 Å². The van der Waals surface area contributed by atoms with Gasteiger partial charge in [0.2, 0.25) is 0 Å². The van der Waals surface area contributed by atoms with Crippen molar-refractivity contribution in [2.24, 2.45) is 0 Å². The number of pyridine rings is 2. The van der Waals surface area contributed by atoms with E-state index in [1.54, 1.807) is 30.9 Å². The number of aromatic nitrogens is 5. The highest BCUT2D eigenvalue weighted by Crippen LogP contribution is 2.28. The van der Waals surface area contributed by atoms with Crippen LogP contribution in [0.25, 0.3) is 33.3 Å². The molecule has 0 atom stereocenters. The smallest absolute Gasteiger partial charge is 0.180 e. The Morgan fingerprint density at radius 1 is 1.08 bits per heavy atom. The summed E-state index contributed by atoms with van der Waals surface area (Å²) in [5, 5.41) is 0.986. The monoisotopic (exact) mass is 343 g/mol. The highest BCUT2D eigenvalue weighted by atomic mass is 19.1. The van der Waals surface area contributed by atoms with Crippen molar-refractivity contribution in [3.8, 4) is 5.69 Å². The van der Waals surface area contributed by atoms with Crippen LogP contribution in [0.4, 0.5) is 4.39 Å². The fourth-order valence-electron chi connectivity index (χ4n) is 2.89. The van der Waals surface area contributed by atoms with Crippen LogP contribution in [0.15, 0.2) is 80.3 Å². The SMILES string of the molecule is C=C/C(F)=C(\C=C)c1cc(-n2ccc3cnccc32)c2nccnc2n1. The minimum atomic E-state index is -0.497. The molecule has 5 nitrogen and oxygen atoms in total. The van der Waals surface area contributed by atoms with E-state index in [1.165, 1.54) is 6.08 Å². The standard InChI is InChI=1S/C20H14FN5/c1-3-14(15(21)4-2)16-11-18(19-20(25-16)24-9-8-23-19)26-10-6-13-12-22-7-5-17(13)26/h3-12H,1-2H2/b15-14-. The van der Waals surface area contributed by atoms with Gasteiger partial charge in [-0.3, -0.25) is 4.98 Å². The summed E-state index contributed by atoms with van der Waals surface area (Å²) < 4.78 is 16.2. The van der Waals surface area contributed by atoms with Gasteiger partial charge in [0, 0.05) is 41.9 Å². The fourth-order valence-corrected chi connectivity index (χ4v) is 2.89. The number of nitrogens with zero attached hydrogens (tertiary/aromatic N) is 5. The molecule has 0 unspecified atom stereocenters. The number of allylic oxidation sites excluding steroid dienone is 4. The summed E-state index contributed by atoms with van der Waals surface area (Å²) in [6, 6.07) is 5.64. The van der Waals surface area contributed by atoms with Crippen molar-refractivity contribution < 1.29 is 4.39 Å². The Bertz CT molecular complexity index is 1190. The van der Waals surface area contributed by atoms with Gasteiger partial charge in [-0.1, -0.05) is 19.2 Å². The molecule has 0 aromatic carbocycles. The normalized spacial score (nSPS) is 12.2. The molecule has 4 rings (SSSR count). The summed E-state index contributed by atoms with van der Waals surface area (Å²) in [5.41, 5.74) is 3.41. The molecular weight excluding hydrogens is 329 g/mol. The van der Waals surface area contributed by atoms with Gasteiger partial charge in [0.1, 0.15) is 11.3 Å². The Morgan fingerprint density at radius 2 is 1.92 bits per heavy atom. The van der Waals surface area contributed by atoms with Crippen LogP contribution in [0.3, 0.4) is 0 Å². The molecule has 0 fully saturated rings. The maximum atomic E-state index is 14.2. The van der Waals surface area contributed by atoms with Crippen LogP contribution in [-0.2, 0) is 0 Å². The summed E-state index contributed by atoms with van der Waals surface area (Å²) in [7, 11) is 0. The third-order valence-electron chi connectivity index (χ3n) is 4.09. The van der Waals surface area contributed by atoms with Crippen LogP contribution >= 0.6 is 0 Å². The van der Waals surface area contributed by atoms with E-state index < -0.39 is 5.83 Å². The summed E-state index contributed by atoms with van der Waals surface area (Å²) >= 11 is 0. The number of halogens is 1. The maximum absolute atomic E-state index is 14.2. The first-order chi connectivity index (χ1) is 12.7. The van der Waals surface area contributed by atoms with Crippen LogP contribution in [0, 0.1) is 0 Å². The molecule has 0 bridgehead atoms. The zero-order valence-electron chi connectivity index (χ0n) is 13.8. The molecular formula is C20H14FN5. The van der Waals surface area contributed by atoms with Crippen molar-refractivity contribution in [2.45, 2.75) is 0 Å². The van der Waals surface area contributed by atoms with Crippen molar-refractivity contribution in [3.05, 3.63) is 86.0 Å². The van der Waals surface area contributed by atoms with Gasteiger partial charge in [0.15, 0.2) is 5.65 Å². The van der Waals surface area contributed by atoms with E-state index in [1.807, 2.05) is 22.9 Å². The number of fused-ring (bicyclic) bond motifs is 2. The number of hydrogen-bond donors (Lipinski definition) is 0. The first-order valence-electron chi connectivity index (χ1n) is 7.91. The van der Waals surface area contributed by atoms with Gasteiger partial charge in [0.25, 0.3) is 0 Å². The minimum absolute atomic E-state index is 0.256. The summed E-state index contributed by atoms with van der Waals surface area (Å²) in [5.74, 6) is -0.497. The highest BCUT2D eigenvalue weighted by molar-refractivity contribution is 5.89. The first-order valence-corrected chi connectivity index (χ1v) is 7.91. The molecule has 4 aromatic heterocycles. The van der Waals surface area contributed by atoms with Gasteiger partial charge < -0.3 is 4.57 Å². The van der Waals surface area contributed by atoms with Crippen molar-refractivity contribution in [2.75, 3.05) is 0 Å². The van der Waals surface area contributed by atoms with E-state index in [4.69, 9.17) is 0 Å². The van der Waals surface area contributed by atoms with E-state index in [-0.39, 0.29) is 5.57 Å². The van der Waals surface area contributed by atoms with E-state index in [0.29, 0.717) is 16.9 Å². The van der Waals surface area contributed by atoms with E-state index in [9.17, 15) is 4.39 Å². The lowest BCUT2D eigenvalue weighted by atomic mass is 10.1. The zero-order chi connectivity index (χ0) is 18.1. The molecule has 4 heterocycles. The molecule has 0 aliphatic rings. The van der Waals surface area contributed by atoms with Gasteiger partial charge in [-0.05, 0) is 24.3 Å². The third-order valence-corrected chi connectivity index (χ3v) is 4.09. The van der Waals surface area contributed by atoms with Crippen LogP contribution in [0.1, 0.15) is 5.69 Å². The Morgan fingerprint density at radius 3 is 2.73 bits per heavy atom. The maximum Gasteiger partial charge on any atom is 0.180 e. The fraction of sp³-hybridized carbons (Fsp3) is 0. The summed E-state index contributed by atoms with van der Waals surface area (Å²) in [4.78, 5) is 17.3. The van der Waals surface area contributed by atoms with Crippen LogP contribution < -0.4 is 0 Å². The van der Waals surface area contributed by atoms with Crippen LogP contribution in [-0.4, -0.2) is 24.5 Å². The predicted molar refractivity (Wildman–Crippen MR) is 100 cm³/mol. The molecule has 6 heteroatoms. The van der Waals surface area contributed by atoms with Crippen molar-refractivity contribution in [3.63, 3.8) is 0 Å². The Kier molecular flexibility index (Phi) is 3.85. The molecule has 0 saturated heterocycles. The second-order valence-corrected chi connectivity index (χ2v) is 5.55. The van der Waals surface area contributed by atoms with Gasteiger partial charge >= 0.3 is 0 Å². The molecule has 0 radical (unpaired) electrons. The van der Waals surface area contributed by atoms with Crippen LogP contribution in [0.2, 0.25) is 0 Å². The quantitative estimate of drug-likeness (QED) is 0.515. The lowest BCUT2D eigenvalue weighted by Gasteiger charge is -2.11. The van der Waals surface area contributed by atoms with E-state index >= 15 is 0 Å². The summed E-state index contributed by atoms with van der Waals surface area (Å²) in [6.45, 7) is 7.17. The lowest BCUT2D eigenvalue weighted by molar-refractivity contribution is 0.671. The second-order valence-electron chi connectivity index (χ2n) is 5.55. The Hall–Kier alpha value is -3.67. The number of rotatable bonds is 4. The average molecular weight is 343 g/mol. The highest BCUT2D eigenvalue weighted by Gasteiger charge is 2.14. The molecule has 0 saturated carbocycles. The van der Waals surface area contributed by atoms with Crippen molar-refractivity contribution in [1.29, 1.82) is 0 Å². The second kappa shape index (κ2) is 6.33. The van der Waals surface area contributed by atoms with E-state index in [0.717, 1.165) is 22.7 Å². The van der Waals surface area contributed by atoms with Gasteiger partial charge in [0.05, 0.1) is 16.9 Å². The molecule has 26 heavy (non-hydrogen) atoms. The van der Waals surface area contributed by atoms with Crippen LogP contribution in [0.5, 0.6) is 0 Å². The first kappa shape index (κ1) is 15.8. The van der Waals surface area contributed by atoms with Gasteiger partial charge in [-0.25, -0.2) is 19.3 Å². The lowest BCUT2D eigenvalue weighted by Crippen LogP contribution is -2.01. The molecule has 126 valence electrons. The van der Waals surface area contributed by atoms with Gasteiger partial charge in [-0.15, -0.1) is 0 Å². The molecule has 0 spiro atoms. The van der Waals surface area contributed by atoms with Crippen molar-refractivity contribution in [1.82, 2.24) is 24.5 Å². The van der Waals surface area contributed by atoms with E-state index in [2.05, 4.69) is 33.1 Å².